The second-order valence-corrected chi connectivity index (χ2v) is 6.82. The molecule has 0 aromatic heterocycles. The second kappa shape index (κ2) is 9.18. The number of rotatable bonds is 7. The van der Waals surface area contributed by atoms with Crippen LogP contribution in [0.25, 0.3) is 0 Å². The number of amides is 1. The van der Waals surface area contributed by atoms with Gasteiger partial charge >= 0.3 is 0 Å². The molecule has 4 heteroatoms. The molecular weight excluding hydrogens is 324 g/mol. The summed E-state index contributed by atoms with van der Waals surface area (Å²) in [7, 11) is 0. The number of aryl methyl sites for hydroxylation is 1. The van der Waals surface area contributed by atoms with Gasteiger partial charge in [-0.25, -0.2) is 5.43 Å². The van der Waals surface area contributed by atoms with Gasteiger partial charge in [0.05, 0.1) is 0 Å². The van der Waals surface area contributed by atoms with Crippen LogP contribution in [0.5, 0.6) is 5.75 Å². The van der Waals surface area contributed by atoms with E-state index >= 15 is 0 Å². The summed E-state index contributed by atoms with van der Waals surface area (Å²) in [6, 6.07) is 13.7. The van der Waals surface area contributed by atoms with Crippen LogP contribution in [0.2, 0.25) is 0 Å². The molecule has 0 saturated heterocycles. The van der Waals surface area contributed by atoms with Crippen LogP contribution in [0.15, 0.2) is 47.6 Å². The molecule has 2 rings (SSSR count). The van der Waals surface area contributed by atoms with Crippen LogP contribution in [0.1, 0.15) is 67.1 Å². The Morgan fingerprint density at radius 2 is 1.85 bits per heavy atom. The summed E-state index contributed by atoms with van der Waals surface area (Å²) in [4.78, 5) is 12.1. The molecule has 26 heavy (non-hydrogen) atoms. The normalized spacial score (nSPS) is 11.5. The molecule has 0 fully saturated rings. The Morgan fingerprint density at radius 3 is 2.46 bits per heavy atom. The monoisotopic (exact) mass is 352 g/mol. The van der Waals surface area contributed by atoms with Crippen LogP contribution in [-0.4, -0.2) is 11.6 Å². The van der Waals surface area contributed by atoms with E-state index in [4.69, 9.17) is 4.74 Å². The van der Waals surface area contributed by atoms with Gasteiger partial charge in [0, 0.05) is 11.3 Å². The molecule has 0 atom stereocenters. The van der Waals surface area contributed by atoms with E-state index < -0.39 is 0 Å². The quantitative estimate of drug-likeness (QED) is 0.549. The molecule has 0 aliphatic heterocycles. The number of hydrogen-bond acceptors (Lipinski definition) is 3. The van der Waals surface area contributed by atoms with Crippen LogP contribution in [0.3, 0.4) is 0 Å². The molecule has 1 amide bonds. The predicted molar refractivity (Wildman–Crippen MR) is 107 cm³/mol. The first-order chi connectivity index (χ1) is 12.4. The van der Waals surface area contributed by atoms with Gasteiger partial charge in [-0.1, -0.05) is 45.0 Å². The third-order valence-corrected chi connectivity index (χ3v) is 4.26. The highest BCUT2D eigenvalue weighted by Crippen LogP contribution is 2.28. The minimum Gasteiger partial charge on any atom is -0.489 e. The summed E-state index contributed by atoms with van der Waals surface area (Å²) >= 11 is 0. The third kappa shape index (κ3) is 5.45. The molecule has 4 nitrogen and oxygen atoms in total. The van der Waals surface area contributed by atoms with Crippen molar-refractivity contribution < 1.29 is 9.53 Å². The topological polar surface area (TPSA) is 50.7 Å². The molecule has 0 bridgehead atoms. The largest absolute Gasteiger partial charge is 0.489 e. The molecular formula is C22H28N2O2. The molecule has 1 N–H and O–H groups in total. The zero-order valence-corrected chi connectivity index (χ0v) is 16.3. The summed E-state index contributed by atoms with van der Waals surface area (Å²) in [5, 5.41) is 4.04. The van der Waals surface area contributed by atoms with Gasteiger partial charge in [-0.15, -0.1) is 0 Å². The fourth-order valence-electron chi connectivity index (χ4n) is 2.45. The van der Waals surface area contributed by atoms with E-state index in [1.807, 2.05) is 26.0 Å². The van der Waals surface area contributed by atoms with Crippen molar-refractivity contribution in [3.05, 3.63) is 64.7 Å². The lowest BCUT2D eigenvalue weighted by Gasteiger charge is -2.15. The molecule has 0 unspecified atom stereocenters. The molecule has 0 aliphatic rings. The fraction of sp³-hybridized carbons (Fsp3) is 0.364. The van der Waals surface area contributed by atoms with E-state index in [9.17, 15) is 4.79 Å². The van der Waals surface area contributed by atoms with E-state index in [2.05, 4.69) is 49.5 Å². The zero-order valence-electron chi connectivity index (χ0n) is 16.3. The van der Waals surface area contributed by atoms with Gasteiger partial charge in [-0.05, 0) is 61.1 Å². The number of carbonyl (C=O) groups excluding carboxylic acids is 1. The van der Waals surface area contributed by atoms with E-state index in [-0.39, 0.29) is 5.91 Å². The average molecular weight is 352 g/mol. The average Bonchev–Trinajstić information content (AvgIpc) is 2.64. The van der Waals surface area contributed by atoms with E-state index in [0.29, 0.717) is 18.1 Å². The number of ether oxygens (including phenoxy) is 1. The Kier molecular flexibility index (Phi) is 6.96. The van der Waals surface area contributed by atoms with Gasteiger partial charge in [0.1, 0.15) is 12.4 Å². The SMILES string of the molecule is CC/C(C)=N/NC(=O)c1ccc(COc2cc(C)ccc2C(C)C)cc1. The number of hydrogen-bond donors (Lipinski definition) is 1. The molecule has 0 spiro atoms. The Hall–Kier alpha value is -2.62. The first-order valence-electron chi connectivity index (χ1n) is 9.06. The summed E-state index contributed by atoms with van der Waals surface area (Å²) in [6.45, 7) is 10.7. The van der Waals surface area contributed by atoms with E-state index in [1.165, 1.54) is 11.1 Å². The standard InChI is InChI=1S/C22H28N2O2/c1-6-17(5)23-24-22(25)19-10-8-18(9-11-19)14-26-21-13-16(4)7-12-20(21)15(2)3/h7-13,15H,6,14H2,1-5H3,(H,24,25)/b23-17+. The van der Waals surface area contributed by atoms with Crippen molar-refractivity contribution in [3.8, 4) is 5.75 Å². The molecule has 138 valence electrons. The number of nitrogens with zero attached hydrogens (tertiary/aromatic N) is 1. The Bertz CT molecular complexity index is 777. The highest BCUT2D eigenvalue weighted by molar-refractivity contribution is 5.95. The van der Waals surface area contributed by atoms with Crippen molar-refractivity contribution in [2.45, 2.75) is 53.6 Å². The van der Waals surface area contributed by atoms with Crippen molar-refractivity contribution >= 4 is 11.6 Å². The molecule has 0 saturated carbocycles. The molecule has 2 aromatic rings. The van der Waals surface area contributed by atoms with Crippen LogP contribution in [0, 0.1) is 6.92 Å². The Morgan fingerprint density at radius 1 is 1.15 bits per heavy atom. The Labute approximate surface area is 156 Å². The minimum atomic E-state index is -0.203. The Balaban J connectivity index is 2.02. The van der Waals surface area contributed by atoms with Crippen LogP contribution < -0.4 is 10.2 Å². The third-order valence-electron chi connectivity index (χ3n) is 4.26. The van der Waals surface area contributed by atoms with Gasteiger partial charge < -0.3 is 4.74 Å². The minimum absolute atomic E-state index is 0.203. The lowest BCUT2D eigenvalue weighted by molar-refractivity contribution is 0.0954. The van der Waals surface area contributed by atoms with Gasteiger partial charge in [0.15, 0.2) is 0 Å². The van der Waals surface area contributed by atoms with E-state index in [1.54, 1.807) is 12.1 Å². The first kappa shape index (κ1) is 19.7. The smallest absolute Gasteiger partial charge is 0.271 e. The number of benzene rings is 2. The van der Waals surface area contributed by atoms with Crippen LogP contribution >= 0.6 is 0 Å². The molecule has 2 aromatic carbocycles. The van der Waals surface area contributed by atoms with Crippen molar-refractivity contribution in [1.29, 1.82) is 0 Å². The summed E-state index contributed by atoms with van der Waals surface area (Å²) in [5.41, 5.74) is 7.45. The maximum Gasteiger partial charge on any atom is 0.271 e. The van der Waals surface area contributed by atoms with Gasteiger partial charge in [-0.3, -0.25) is 4.79 Å². The van der Waals surface area contributed by atoms with Crippen molar-refractivity contribution in [3.63, 3.8) is 0 Å². The first-order valence-corrected chi connectivity index (χ1v) is 9.06. The molecule has 0 heterocycles. The predicted octanol–water partition coefficient (Wildman–Crippen LogP) is 5.21. The van der Waals surface area contributed by atoms with Crippen LogP contribution in [0.4, 0.5) is 0 Å². The summed E-state index contributed by atoms with van der Waals surface area (Å²) < 4.78 is 6.04. The highest BCUT2D eigenvalue weighted by Gasteiger charge is 2.09. The lowest BCUT2D eigenvalue weighted by Crippen LogP contribution is -2.18. The van der Waals surface area contributed by atoms with Crippen LogP contribution in [-0.2, 0) is 6.61 Å². The molecule has 0 aliphatic carbocycles. The summed E-state index contributed by atoms with van der Waals surface area (Å²) in [6.07, 6.45) is 0.813. The van der Waals surface area contributed by atoms with Gasteiger partial charge in [0.2, 0.25) is 0 Å². The lowest BCUT2D eigenvalue weighted by atomic mass is 10.0. The zero-order chi connectivity index (χ0) is 19.1. The van der Waals surface area contributed by atoms with E-state index in [0.717, 1.165) is 23.4 Å². The van der Waals surface area contributed by atoms with Crippen molar-refractivity contribution in [2.24, 2.45) is 5.10 Å². The highest BCUT2D eigenvalue weighted by atomic mass is 16.5. The maximum absolute atomic E-state index is 12.1. The number of carbonyl (C=O) groups is 1. The van der Waals surface area contributed by atoms with Crippen molar-refractivity contribution in [1.82, 2.24) is 5.43 Å². The molecule has 0 radical (unpaired) electrons. The van der Waals surface area contributed by atoms with Gasteiger partial charge in [0.25, 0.3) is 5.91 Å². The van der Waals surface area contributed by atoms with Crippen molar-refractivity contribution in [2.75, 3.05) is 0 Å². The van der Waals surface area contributed by atoms with Gasteiger partial charge in [-0.2, -0.15) is 5.10 Å². The fourth-order valence-corrected chi connectivity index (χ4v) is 2.45. The summed E-state index contributed by atoms with van der Waals surface area (Å²) in [5.74, 6) is 1.13. The number of nitrogens with one attached hydrogen (secondary N) is 1. The maximum atomic E-state index is 12.1. The number of hydrazone groups is 1. The second-order valence-electron chi connectivity index (χ2n) is 6.82.